The van der Waals surface area contributed by atoms with E-state index in [0.717, 1.165) is 44.9 Å². The summed E-state index contributed by atoms with van der Waals surface area (Å²) < 4.78 is 5.42. The standard InChI is InChI=1S/C16H29NO3/c1-14(2,3)20-13(19)17-16(7-5-4-6-8-16)11-15(12-18)9-10-15/h18H,4-12H2,1-3H3,(H,17,19). The summed E-state index contributed by atoms with van der Waals surface area (Å²) in [6.45, 7) is 5.90. The van der Waals surface area contributed by atoms with Gasteiger partial charge in [-0.05, 0) is 58.3 Å². The zero-order chi connectivity index (χ0) is 14.9. The van der Waals surface area contributed by atoms with Crippen LogP contribution in [0.3, 0.4) is 0 Å². The molecule has 0 aromatic carbocycles. The minimum atomic E-state index is -0.464. The average Bonchev–Trinajstić information content (AvgIpc) is 3.07. The second-order valence-corrected chi connectivity index (χ2v) is 7.80. The van der Waals surface area contributed by atoms with Crippen LogP contribution >= 0.6 is 0 Å². The fourth-order valence-electron chi connectivity index (χ4n) is 3.38. The highest BCUT2D eigenvalue weighted by molar-refractivity contribution is 5.68. The van der Waals surface area contributed by atoms with E-state index >= 15 is 0 Å². The molecule has 4 heteroatoms. The van der Waals surface area contributed by atoms with E-state index in [1.807, 2.05) is 20.8 Å². The van der Waals surface area contributed by atoms with Gasteiger partial charge < -0.3 is 15.2 Å². The number of ether oxygens (including phenoxy) is 1. The van der Waals surface area contributed by atoms with E-state index < -0.39 is 5.60 Å². The van der Waals surface area contributed by atoms with Crippen LogP contribution in [0.1, 0.15) is 72.1 Å². The molecule has 0 heterocycles. The lowest BCUT2D eigenvalue weighted by molar-refractivity contribution is 0.0372. The highest BCUT2D eigenvalue weighted by Gasteiger charge is 2.49. The molecule has 116 valence electrons. The number of hydrogen-bond acceptors (Lipinski definition) is 3. The van der Waals surface area contributed by atoms with Crippen molar-refractivity contribution in [3.05, 3.63) is 0 Å². The van der Waals surface area contributed by atoms with E-state index in [1.165, 1.54) is 6.42 Å². The van der Waals surface area contributed by atoms with Crippen molar-refractivity contribution in [1.82, 2.24) is 5.32 Å². The molecular formula is C16H29NO3. The molecule has 1 amide bonds. The van der Waals surface area contributed by atoms with Gasteiger partial charge in [-0.15, -0.1) is 0 Å². The Balaban J connectivity index is 2.01. The molecule has 2 fully saturated rings. The quantitative estimate of drug-likeness (QED) is 0.831. The van der Waals surface area contributed by atoms with Crippen LogP contribution in [0.2, 0.25) is 0 Å². The van der Waals surface area contributed by atoms with E-state index in [2.05, 4.69) is 5.32 Å². The van der Waals surface area contributed by atoms with Crippen LogP contribution in [0.25, 0.3) is 0 Å². The summed E-state index contributed by atoms with van der Waals surface area (Å²) in [7, 11) is 0. The summed E-state index contributed by atoms with van der Waals surface area (Å²) in [4.78, 5) is 12.1. The molecule has 2 saturated carbocycles. The Morgan fingerprint density at radius 3 is 2.20 bits per heavy atom. The number of aliphatic hydroxyl groups is 1. The minimum absolute atomic E-state index is 0.0619. The van der Waals surface area contributed by atoms with Gasteiger partial charge in [0.25, 0.3) is 0 Å². The molecule has 0 bridgehead atoms. The Labute approximate surface area is 122 Å². The second kappa shape index (κ2) is 5.55. The summed E-state index contributed by atoms with van der Waals surface area (Å²) in [5, 5.41) is 12.7. The Bertz CT molecular complexity index is 349. The first-order valence-electron chi connectivity index (χ1n) is 7.90. The lowest BCUT2D eigenvalue weighted by atomic mass is 9.75. The fourth-order valence-corrected chi connectivity index (χ4v) is 3.38. The Hall–Kier alpha value is -0.770. The predicted molar refractivity (Wildman–Crippen MR) is 78.6 cm³/mol. The van der Waals surface area contributed by atoms with E-state index in [1.54, 1.807) is 0 Å². The molecule has 0 aromatic heterocycles. The maximum absolute atomic E-state index is 12.1. The molecule has 0 saturated heterocycles. The molecule has 0 unspecified atom stereocenters. The molecule has 2 rings (SSSR count). The maximum Gasteiger partial charge on any atom is 0.408 e. The topological polar surface area (TPSA) is 58.6 Å². The summed E-state index contributed by atoms with van der Waals surface area (Å²) in [6, 6.07) is 0. The van der Waals surface area contributed by atoms with E-state index in [4.69, 9.17) is 4.74 Å². The normalized spacial score (nSPS) is 24.0. The highest BCUT2D eigenvalue weighted by Crippen LogP contribution is 2.53. The monoisotopic (exact) mass is 283 g/mol. The number of carbonyl (C=O) groups is 1. The Morgan fingerprint density at radius 2 is 1.75 bits per heavy atom. The van der Waals surface area contributed by atoms with Crippen LogP contribution < -0.4 is 5.32 Å². The van der Waals surface area contributed by atoms with Gasteiger partial charge in [0.1, 0.15) is 5.60 Å². The first-order chi connectivity index (χ1) is 9.28. The van der Waals surface area contributed by atoms with Crippen molar-refractivity contribution in [3.8, 4) is 0 Å². The number of rotatable bonds is 4. The van der Waals surface area contributed by atoms with Crippen molar-refractivity contribution >= 4 is 6.09 Å². The van der Waals surface area contributed by atoms with Crippen molar-refractivity contribution in [1.29, 1.82) is 0 Å². The van der Waals surface area contributed by atoms with Gasteiger partial charge in [0.15, 0.2) is 0 Å². The molecule has 0 aromatic rings. The van der Waals surface area contributed by atoms with Gasteiger partial charge in [-0.25, -0.2) is 4.79 Å². The molecule has 2 aliphatic rings. The molecule has 0 aliphatic heterocycles. The van der Waals surface area contributed by atoms with Crippen LogP contribution in [0.4, 0.5) is 4.79 Å². The Kier molecular flexibility index (Phi) is 4.33. The minimum Gasteiger partial charge on any atom is -0.444 e. The molecule has 0 atom stereocenters. The zero-order valence-electron chi connectivity index (χ0n) is 13.1. The molecule has 0 spiro atoms. The van der Waals surface area contributed by atoms with Gasteiger partial charge >= 0.3 is 6.09 Å². The van der Waals surface area contributed by atoms with Gasteiger partial charge in [-0.3, -0.25) is 0 Å². The van der Waals surface area contributed by atoms with Crippen molar-refractivity contribution < 1.29 is 14.6 Å². The maximum atomic E-state index is 12.1. The van der Waals surface area contributed by atoms with Crippen LogP contribution in [0.5, 0.6) is 0 Å². The van der Waals surface area contributed by atoms with Gasteiger partial charge in [0, 0.05) is 12.1 Å². The van der Waals surface area contributed by atoms with Crippen LogP contribution in [0.15, 0.2) is 0 Å². The third-order valence-corrected chi connectivity index (χ3v) is 4.58. The SMILES string of the molecule is CC(C)(C)OC(=O)NC1(CC2(CO)CC2)CCCCC1. The molecule has 20 heavy (non-hydrogen) atoms. The van der Waals surface area contributed by atoms with Gasteiger partial charge in [0.05, 0.1) is 0 Å². The molecule has 2 aliphatic carbocycles. The Morgan fingerprint density at radius 1 is 1.15 bits per heavy atom. The molecule has 4 nitrogen and oxygen atoms in total. The summed E-state index contributed by atoms with van der Waals surface area (Å²) in [5.41, 5.74) is -0.569. The summed E-state index contributed by atoms with van der Waals surface area (Å²) >= 11 is 0. The van der Waals surface area contributed by atoms with E-state index in [9.17, 15) is 9.90 Å². The lowest BCUT2D eigenvalue weighted by Gasteiger charge is -2.40. The third kappa shape index (κ3) is 4.11. The van der Waals surface area contributed by atoms with Crippen molar-refractivity contribution in [2.24, 2.45) is 5.41 Å². The van der Waals surface area contributed by atoms with Gasteiger partial charge in [-0.2, -0.15) is 0 Å². The largest absolute Gasteiger partial charge is 0.444 e. The number of amides is 1. The first-order valence-corrected chi connectivity index (χ1v) is 7.90. The predicted octanol–water partition coefficient (Wildman–Crippen LogP) is 3.38. The number of aliphatic hydroxyl groups excluding tert-OH is 1. The van der Waals surface area contributed by atoms with Crippen molar-refractivity contribution in [2.45, 2.75) is 83.3 Å². The lowest BCUT2D eigenvalue weighted by Crippen LogP contribution is -2.52. The highest BCUT2D eigenvalue weighted by atomic mass is 16.6. The zero-order valence-corrected chi connectivity index (χ0v) is 13.1. The number of hydrogen-bond donors (Lipinski definition) is 2. The number of carbonyl (C=O) groups excluding carboxylic acids is 1. The molecular weight excluding hydrogens is 254 g/mol. The van der Waals surface area contributed by atoms with Crippen molar-refractivity contribution in [2.75, 3.05) is 6.61 Å². The van der Waals surface area contributed by atoms with Gasteiger partial charge in [0.2, 0.25) is 0 Å². The summed E-state index contributed by atoms with van der Waals surface area (Å²) in [5.74, 6) is 0. The van der Waals surface area contributed by atoms with Crippen molar-refractivity contribution in [3.63, 3.8) is 0 Å². The van der Waals surface area contributed by atoms with Crippen LogP contribution in [-0.2, 0) is 4.74 Å². The number of alkyl carbamates (subject to hydrolysis) is 1. The van der Waals surface area contributed by atoms with Crippen LogP contribution in [0, 0.1) is 5.41 Å². The van der Waals surface area contributed by atoms with E-state index in [0.29, 0.717) is 0 Å². The average molecular weight is 283 g/mol. The molecule has 2 N–H and O–H groups in total. The first kappa shape index (κ1) is 15.6. The smallest absolute Gasteiger partial charge is 0.408 e. The number of nitrogens with one attached hydrogen (secondary N) is 1. The fraction of sp³-hybridized carbons (Fsp3) is 0.938. The van der Waals surface area contributed by atoms with E-state index in [-0.39, 0.29) is 23.7 Å². The second-order valence-electron chi connectivity index (χ2n) is 7.80. The third-order valence-electron chi connectivity index (χ3n) is 4.58. The van der Waals surface area contributed by atoms with Gasteiger partial charge in [-0.1, -0.05) is 19.3 Å². The molecule has 0 radical (unpaired) electrons. The summed E-state index contributed by atoms with van der Waals surface area (Å²) in [6.07, 6.45) is 8.31. The van der Waals surface area contributed by atoms with Crippen LogP contribution in [-0.4, -0.2) is 28.9 Å².